The van der Waals surface area contributed by atoms with Gasteiger partial charge in [0.1, 0.15) is 5.76 Å². The molecule has 0 aliphatic carbocycles. The van der Waals surface area contributed by atoms with Crippen molar-refractivity contribution in [1.82, 2.24) is 0 Å². The van der Waals surface area contributed by atoms with Gasteiger partial charge in [0, 0.05) is 6.42 Å². The Balaban J connectivity index is 3.13. The van der Waals surface area contributed by atoms with E-state index < -0.39 is 11.4 Å². The second kappa shape index (κ2) is 3.63. The van der Waals surface area contributed by atoms with E-state index in [1.54, 1.807) is 0 Å². The molecule has 0 saturated heterocycles. The summed E-state index contributed by atoms with van der Waals surface area (Å²) in [6.07, 6.45) is 1.51. The number of rotatable bonds is 2. The van der Waals surface area contributed by atoms with Crippen LogP contribution in [0.3, 0.4) is 0 Å². The van der Waals surface area contributed by atoms with E-state index in [0.717, 1.165) is 6.42 Å². The minimum atomic E-state index is -0.772. The largest absolute Gasteiger partial charge is 0.501 e. The van der Waals surface area contributed by atoms with Gasteiger partial charge in [-0.05, 0) is 12.5 Å². The molecule has 0 aromatic carbocycles. The van der Waals surface area contributed by atoms with Crippen molar-refractivity contribution in [1.29, 1.82) is 0 Å². The Labute approximate surface area is 74.6 Å². The zero-order chi connectivity index (χ0) is 9.14. The molecule has 1 N–H and O–H groups in total. The highest BCUT2D eigenvalue weighted by molar-refractivity contribution is 6.31. The predicted octanol–water partition coefficient (Wildman–Crippen LogP) is 1.95. The van der Waals surface area contributed by atoms with Gasteiger partial charge in [0.2, 0.25) is 5.75 Å². The summed E-state index contributed by atoms with van der Waals surface area (Å²) in [7, 11) is 0. The van der Waals surface area contributed by atoms with E-state index in [-0.39, 0.29) is 5.02 Å². The van der Waals surface area contributed by atoms with Crippen molar-refractivity contribution in [3.63, 3.8) is 0 Å². The highest BCUT2D eigenvalue weighted by Crippen LogP contribution is 2.19. The van der Waals surface area contributed by atoms with Crippen LogP contribution in [0, 0.1) is 0 Å². The van der Waals surface area contributed by atoms with Crippen LogP contribution in [-0.4, -0.2) is 5.11 Å². The average Bonchev–Trinajstić information content (AvgIpc) is 2.01. The number of hydrogen-bond donors (Lipinski definition) is 1. The van der Waals surface area contributed by atoms with Gasteiger partial charge in [-0.15, -0.1) is 0 Å². The van der Waals surface area contributed by atoms with Crippen LogP contribution < -0.4 is 5.63 Å². The molecular weight excluding hydrogens is 180 g/mol. The second-order valence-corrected chi connectivity index (χ2v) is 2.85. The van der Waals surface area contributed by atoms with Crippen LogP contribution in [0.25, 0.3) is 0 Å². The monoisotopic (exact) mass is 188 g/mol. The van der Waals surface area contributed by atoms with Crippen LogP contribution in [0.5, 0.6) is 5.75 Å². The molecule has 0 unspecified atom stereocenters. The molecule has 0 aliphatic heterocycles. The quantitative estimate of drug-likeness (QED) is 0.772. The summed E-state index contributed by atoms with van der Waals surface area (Å²) in [4.78, 5) is 10.8. The second-order valence-electron chi connectivity index (χ2n) is 2.45. The molecule has 0 amide bonds. The summed E-state index contributed by atoms with van der Waals surface area (Å²) in [5, 5.41) is 9.01. The van der Waals surface area contributed by atoms with Crippen molar-refractivity contribution >= 4 is 11.6 Å². The summed E-state index contributed by atoms with van der Waals surface area (Å²) in [5.74, 6) is -0.0122. The standard InChI is InChI=1S/C8H9ClO3/c1-2-3-5-4-6(9)7(10)8(11)12-5/h4,10H,2-3H2,1H3. The van der Waals surface area contributed by atoms with Gasteiger partial charge in [-0.3, -0.25) is 0 Å². The highest BCUT2D eigenvalue weighted by Gasteiger charge is 2.07. The molecule has 0 radical (unpaired) electrons. The lowest BCUT2D eigenvalue weighted by Gasteiger charge is -1.98. The van der Waals surface area contributed by atoms with Crippen LogP contribution in [0.15, 0.2) is 15.3 Å². The molecule has 0 bridgehead atoms. The third-order valence-corrected chi connectivity index (χ3v) is 1.72. The normalized spacial score (nSPS) is 10.2. The fraction of sp³-hybridized carbons (Fsp3) is 0.375. The van der Waals surface area contributed by atoms with Crippen molar-refractivity contribution < 1.29 is 9.52 Å². The maximum atomic E-state index is 10.8. The fourth-order valence-corrected chi connectivity index (χ4v) is 1.07. The Morgan fingerprint density at radius 2 is 2.33 bits per heavy atom. The van der Waals surface area contributed by atoms with Crippen molar-refractivity contribution in [3.8, 4) is 5.75 Å². The number of hydrogen-bond acceptors (Lipinski definition) is 3. The van der Waals surface area contributed by atoms with Crippen LogP contribution >= 0.6 is 11.6 Å². The van der Waals surface area contributed by atoms with Crippen molar-refractivity contribution in [2.24, 2.45) is 0 Å². The van der Waals surface area contributed by atoms with E-state index in [1.165, 1.54) is 6.07 Å². The van der Waals surface area contributed by atoms with Crippen LogP contribution in [0.1, 0.15) is 19.1 Å². The van der Waals surface area contributed by atoms with E-state index in [9.17, 15) is 4.79 Å². The van der Waals surface area contributed by atoms with Crippen LogP contribution in [0.2, 0.25) is 5.02 Å². The van der Waals surface area contributed by atoms with Gasteiger partial charge in [-0.2, -0.15) is 0 Å². The van der Waals surface area contributed by atoms with Gasteiger partial charge in [-0.1, -0.05) is 18.5 Å². The first-order chi connectivity index (χ1) is 5.65. The molecule has 0 spiro atoms. The number of aromatic hydroxyl groups is 1. The topological polar surface area (TPSA) is 50.4 Å². The predicted molar refractivity (Wildman–Crippen MR) is 45.6 cm³/mol. The Hall–Kier alpha value is -0.960. The average molecular weight is 189 g/mol. The van der Waals surface area contributed by atoms with E-state index in [1.807, 2.05) is 6.92 Å². The zero-order valence-corrected chi connectivity index (χ0v) is 7.39. The van der Waals surface area contributed by atoms with Gasteiger partial charge in [0.15, 0.2) is 0 Å². The summed E-state index contributed by atoms with van der Waals surface area (Å²) < 4.78 is 4.74. The minimum Gasteiger partial charge on any atom is -0.501 e. The van der Waals surface area contributed by atoms with Crippen molar-refractivity contribution in [3.05, 3.63) is 27.3 Å². The molecule has 1 aromatic heterocycles. The molecule has 12 heavy (non-hydrogen) atoms. The van der Waals surface area contributed by atoms with Crippen molar-refractivity contribution in [2.45, 2.75) is 19.8 Å². The number of halogens is 1. The summed E-state index contributed by atoms with van der Waals surface area (Å²) >= 11 is 5.54. The minimum absolute atomic E-state index is 0.0506. The maximum Gasteiger partial charge on any atom is 0.380 e. The zero-order valence-electron chi connectivity index (χ0n) is 6.63. The van der Waals surface area contributed by atoms with E-state index in [4.69, 9.17) is 21.1 Å². The lowest BCUT2D eigenvalue weighted by Crippen LogP contribution is -2.00. The summed E-state index contributed by atoms with van der Waals surface area (Å²) in [6.45, 7) is 1.96. The molecule has 0 atom stereocenters. The Morgan fingerprint density at radius 3 is 2.83 bits per heavy atom. The molecule has 66 valence electrons. The Bertz CT molecular complexity index is 330. The molecule has 1 heterocycles. The van der Waals surface area contributed by atoms with Gasteiger partial charge in [-0.25, -0.2) is 4.79 Å². The Morgan fingerprint density at radius 1 is 1.67 bits per heavy atom. The molecule has 0 aliphatic rings. The molecule has 1 aromatic rings. The fourth-order valence-electron chi connectivity index (χ4n) is 0.874. The van der Waals surface area contributed by atoms with E-state index in [0.29, 0.717) is 12.2 Å². The molecular formula is C8H9ClO3. The molecule has 1 rings (SSSR count). The van der Waals surface area contributed by atoms with E-state index >= 15 is 0 Å². The number of aryl methyl sites for hydroxylation is 1. The lowest BCUT2D eigenvalue weighted by atomic mass is 10.2. The van der Waals surface area contributed by atoms with Gasteiger partial charge in [0.25, 0.3) is 0 Å². The first-order valence-electron chi connectivity index (χ1n) is 3.66. The highest BCUT2D eigenvalue weighted by atomic mass is 35.5. The van der Waals surface area contributed by atoms with Crippen molar-refractivity contribution in [2.75, 3.05) is 0 Å². The first kappa shape index (κ1) is 9.13. The SMILES string of the molecule is CCCc1cc(Cl)c(O)c(=O)o1. The van der Waals surface area contributed by atoms with Gasteiger partial charge < -0.3 is 9.52 Å². The third kappa shape index (κ3) is 1.80. The summed E-state index contributed by atoms with van der Waals surface area (Å²) in [6, 6.07) is 1.46. The van der Waals surface area contributed by atoms with Crippen LogP contribution in [-0.2, 0) is 6.42 Å². The maximum absolute atomic E-state index is 10.8. The Kier molecular flexibility index (Phi) is 2.76. The van der Waals surface area contributed by atoms with Crippen LogP contribution in [0.4, 0.5) is 0 Å². The summed E-state index contributed by atoms with van der Waals surface area (Å²) in [5.41, 5.74) is -0.772. The smallest absolute Gasteiger partial charge is 0.380 e. The third-order valence-electron chi connectivity index (χ3n) is 1.43. The molecule has 4 heteroatoms. The molecule has 0 fully saturated rings. The first-order valence-corrected chi connectivity index (χ1v) is 4.04. The van der Waals surface area contributed by atoms with Gasteiger partial charge in [0.05, 0.1) is 5.02 Å². The lowest BCUT2D eigenvalue weighted by molar-refractivity contribution is 0.392. The van der Waals surface area contributed by atoms with E-state index in [2.05, 4.69) is 0 Å². The van der Waals surface area contributed by atoms with Gasteiger partial charge >= 0.3 is 5.63 Å². The molecule has 0 saturated carbocycles. The molecule has 3 nitrogen and oxygen atoms in total.